The van der Waals surface area contributed by atoms with E-state index in [1.807, 2.05) is 18.3 Å². The molecule has 2 saturated heterocycles. The Balaban J connectivity index is 1.42. The van der Waals surface area contributed by atoms with Crippen molar-refractivity contribution in [1.82, 2.24) is 14.9 Å². The predicted molar refractivity (Wildman–Crippen MR) is 184 cm³/mol. The molecule has 0 unspecified atom stereocenters. The van der Waals surface area contributed by atoms with Gasteiger partial charge in [0.05, 0.1) is 28.5 Å². The first-order valence-electron chi connectivity index (χ1n) is 15.1. The molecule has 4 aromatic rings. The number of nitrogens with one attached hydrogen (secondary N) is 1. The van der Waals surface area contributed by atoms with Gasteiger partial charge in [-0.05, 0) is 111 Å². The van der Waals surface area contributed by atoms with Crippen molar-refractivity contribution in [2.24, 2.45) is 11.8 Å². The second-order valence-corrected chi connectivity index (χ2v) is 13.3. The number of rotatable bonds is 6. The van der Waals surface area contributed by atoms with Crippen LogP contribution in [0, 0.1) is 25.7 Å². The van der Waals surface area contributed by atoms with Crippen molar-refractivity contribution in [1.29, 1.82) is 0 Å². The summed E-state index contributed by atoms with van der Waals surface area (Å²) in [6.07, 6.45) is 3.11. The zero-order valence-corrected chi connectivity index (χ0v) is 27.5. The highest BCUT2D eigenvalue weighted by Gasteiger charge is 2.42. The molecular weight excluding hydrogens is 572 g/mol. The number of aryl methyl sites for hydroxylation is 1. The van der Waals surface area contributed by atoms with Crippen LogP contribution in [-0.2, 0) is 0 Å². The number of nitrogens with zero attached hydrogens (tertiary/aromatic N) is 5. The Kier molecular flexibility index (Phi) is 8.14. The first kappa shape index (κ1) is 29.5. The van der Waals surface area contributed by atoms with Gasteiger partial charge in [-0.3, -0.25) is 4.98 Å². The fourth-order valence-electron chi connectivity index (χ4n) is 7.09. The maximum atomic E-state index is 7.06. The van der Waals surface area contributed by atoms with Crippen molar-refractivity contribution >= 4 is 46.0 Å². The quantitative estimate of drug-likeness (QED) is 0.223. The van der Waals surface area contributed by atoms with Gasteiger partial charge in [0.25, 0.3) is 0 Å². The van der Waals surface area contributed by atoms with Crippen molar-refractivity contribution in [2.75, 3.05) is 41.9 Å². The van der Waals surface area contributed by atoms with Crippen LogP contribution in [0.1, 0.15) is 55.0 Å². The third kappa shape index (κ3) is 5.61. The normalized spacial score (nSPS) is 22.2. The van der Waals surface area contributed by atoms with Crippen LogP contribution in [0.3, 0.4) is 0 Å². The van der Waals surface area contributed by atoms with E-state index >= 15 is 0 Å². The van der Waals surface area contributed by atoms with E-state index in [1.54, 1.807) is 0 Å². The van der Waals surface area contributed by atoms with Crippen molar-refractivity contribution in [3.05, 3.63) is 101 Å². The summed E-state index contributed by atoms with van der Waals surface area (Å²) in [7, 11) is 4.13. The van der Waals surface area contributed by atoms with Gasteiger partial charge in [-0.15, -0.1) is 0 Å². The number of hydrogen-bond acceptors (Lipinski definition) is 4. The van der Waals surface area contributed by atoms with Crippen molar-refractivity contribution in [3.63, 3.8) is 0 Å². The van der Waals surface area contributed by atoms with Crippen LogP contribution in [0.25, 0.3) is 5.69 Å². The van der Waals surface area contributed by atoms with Crippen molar-refractivity contribution < 1.29 is 0 Å². The summed E-state index contributed by atoms with van der Waals surface area (Å²) in [4.78, 5) is 11.5. The van der Waals surface area contributed by atoms with Gasteiger partial charge in [0.2, 0.25) is 0 Å². The van der Waals surface area contributed by atoms with E-state index < -0.39 is 0 Å². The first-order chi connectivity index (χ1) is 20.6. The molecule has 0 aliphatic carbocycles. The molecule has 6 rings (SSSR count). The third-order valence-electron chi connectivity index (χ3n) is 8.93. The van der Waals surface area contributed by atoms with Gasteiger partial charge < -0.3 is 24.6 Å². The number of pyridine rings is 1. The molecule has 2 aromatic carbocycles. The fraction of sp³-hybridized carbons (Fsp3) is 0.371. The van der Waals surface area contributed by atoms with Gasteiger partial charge in [-0.25, -0.2) is 0 Å². The van der Waals surface area contributed by atoms with E-state index in [9.17, 15) is 0 Å². The lowest BCUT2D eigenvalue weighted by Gasteiger charge is -2.37. The number of thiocarbonyl (C=S) groups is 1. The smallest absolute Gasteiger partial charge is 0.174 e. The Labute approximate surface area is 266 Å². The zero-order chi connectivity index (χ0) is 30.4. The van der Waals surface area contributed by atoms with Gasteiger partial charge in [0, 0.05) is 61.8 Å². The summed E-state index contributed by atoms with van der Waals surface area (Å²) in [6.45, 7) is 11.1. The second-order valence-electron chi connectivity index (χ2n) is 12.6. The maximum absolute atomic E-state index is 7.06. The molecule has 2 aliphatic rings. The number of piperidine rings is 1. The molecule has 0 radical (unpaired) electrons. The minimum Gasteiger partial charge on any atom is -0.378 e. The summed E-state index contributed by atoms with van der Waals surface area (Å²) in [5.41, 5.74) is 8.89. The maximum Gasteiger partial charge on any atom is 0.174 e. The zero-order valence-electron chi connectivity index (χ0n) is 25.9. The van der Waals surface area contributed by atoms with Crippen LogP contribution in [-0.4, -0.2) is 41.8 Å². The third-order valence-corrected chi connectivity index (χ3v) is 9.55. The minimum absolute atomic E-state index is 0.111. The van der Waals surface area contributed by atoms with E-state index in [1.165, 1.54) is 29.1 Å². The van der Waals surface area contributed by atoms with E-state index in [2.05, 4.69) is 121 Å². The summed E-state index contributed by atoms with van der Waals surface area (Å²) in [5, 5.41) is 5.05. The first-order valence-corrected chi connectivity index (χ1v) is 15.9. The molecule has 224 valence electrons. The van der Waals surface area contributed by atoms with Crippen LogP contribution in [0.2, 0.25) is 5.02 Å². The summed E-state index contributed by atoms with van der Waals surface area (Å²) in [6, 6.07) is 23.3. The molecule has 0 saturated carbocycles. The van der Waals surface area contributed by atoms with Crippen LogP contribution in [0.5, 0.6) is 0 Å². The molecule has 6 nitrogen and oxygen atoms in total. The number of anilines is 3. The molecule has 4 atom stereocenters. The predicted octanol–water partition coefficient (Wildman–Crippen LogP) is 7.87. The summed E-state index contributed by atoms with van der Waals surface area (Å²) < 4.78 is 2.33. The molecule has 0 amide bonds. The van der Waals surface area contributed by atoms with E-state index in [4.69, 9.17) is 28.8 Å². The summed E-state index contributed by atoms with van der Waals surface area (Å²) in [5.74, 6) is 1.29. The van der Waals surface area contributed by atoms with Crippen molar-refractivity contribution in [3.8, 4) is 5.69 Å². The molecule has 0 spiro atoms. The number of halogens is 1. The molecule has 0 bridgehead atoms. The Hall–Kier alpha value is -3.55. The Morgan fingerprint density at radius 1 is 0.930 bits per heavy atom. The SMILES string of the molecule is Cc1cc([C@H]2[C@@H](c3ccccn3)NC(=S)N2c2ccc(N3C[C@H](C)C[C@H](C)C3)c(Cl)c2)c(C)n1-c1ccc(N(C)C)cc1. The van der Waals surface area contributed by atoms with Gasteiger partial charge in [-0.2, -0.15) is 0 Å². The van der Waals surface area contributed by atoms with Gasteiger partial charge >= 0.3 is 0 Å². The molecule has 8 heteroatoms. The molecule has 43 heavy (non-hydrogen) atoms. The number of benzene rings is 2. The molecule has 1 N–H and O–H groups in total. The van der Waals surface area contributed by atoms with Gasteiger partial charge in [-0.1, -0.05) is 31.5 Å². The van der Waals surface area contributed by atoms with Crippen LogP contribution in [0.4, 0.5) is 17.1 Å². The average molecular weight is 613 g/mol. The lowest BCUT2D eigenvalue weighted by molar-refractivity contribution is 0.357. The molecule has 2 aliphatic heterocycles. The van der Waals surface area contributed by atoms with Gasteiger partial charge in [0.15, 0.2) is 5.11 Å². The van der Waals surface area contributed by atoms with E-state index in [0.29, 0.717) is 16.9 Å². The minimum atomic E-state index is -0.124. The lowest BCUT2D eigenvalue weighted by atomic mass is 9.91. The fourth-order valence-corrected chi connectivity index (χ4v) is 7.74. The number of aromatic nitrogens is 2. The van der Waals surface area contributed by atoms with Crippen LogP contribution < -0.4 is 20.0 Å². The standard InChI is InChI=1S/C35H41ClN6S/c1-22-17-23(2)21-40(20-22)32-15-14-28(19-30(32)36)42-34(33(38-35(42)43)31-9-7-8-16-37-31)29-18-24(3)41(25(29)4)27-12-10-26(11-13-27)39(5)6/h7-16,18-19,22-23,33-34H,17,20-21H2,1-6H3,(H,38,43)/t22-,23+,33-,34+/m1/s1. The topological polar surface area (TPSA) is 39.6 Å². The Morgan fingerprint density at radius 2 is 1.63 bits per heavy atom. The largest absolute Gasteiger partial charge is 0.378 e. The Morgan fingerprint density at radius 3 is 2.26 bits per heavy atom. The second kappa shape index (κ2) is 11.9. The number of hydrogen-bond donors (Lipinski definition) is 1. The van der Waals surface area contributed by atoms with Crippen molar-refractivity contribution in [2.45, 2.75) is 46.2 Å². The molecular formula is C35H41ClN6S. The monoisotopic (exact) mass is 612 g/mol. The highest BCUT2D eigenvalue weighted by molar-refractivity contribution is 7.80. The lowest BCUT2D eigenvalue weighted by Crippen LogP contribution is -2.38. The Bertz CT molecular complexity index is 1610. The van der Waals surface area contributed by atoms with Crippen LogP contribution in [0.15, 0.2) is 72.9 Å². The van der Waals surface area contributed by atoms with Crippen LogP contribution >= 0.6 is 23.8 Å². The van der Waals surface area contributed by atoms with Gasteiger partial charge in [0.1, 0.15) is 0 Å². The highest BCUT2D eigenvalue weighted by Crippen LogP contribution is 2.45. The molecule has 2 fully saturated rings. The van der Waals surface area contributed by atoms with E-state index in [-0.39, 0.29) is 12.1 Å². The highest BCUT2D eigenvalue weighted by atomic mass is 35.5. The summed E-state index contributed by atoms with van der Waals surface area (Å²) >= 11 is 13.1. The molecule has 2 aromatic heterocycles. The molecule has 4 heterocycles. The average Bonchev–Trinajstić information content (AvgIpc) is 3.47. The van der Waals surface area contributed by atoms with E-state index in [0.717, 1.165) is 40.9 Å².